The van der Waals surface area contributed by atoms with Crippen LogP contribution in [0.25, 0.3) is 6.08 Å². The SMILES string of the molecule is COCCN1C(=O)/C(=C/c2cccc(OCC(=O)Nc3ccc(C)c(C)c3)c2)SC1=Nc1ccc(OC)cc1. The third kappa shape index (κ3) is 7.49. The van der Waals surface area contributed by atoms with Gasteiger partial charge in [-0.25, -0.2) is 4.99 Å². The molecule has 0 aromatic heterocycles. The number of methoxy groups -OCH3 is 2. The van der Waals surface area contributed by atoms with Crippen LogP contribution in [0.5, 0.6) is 11.5 Å². The first kappa shape index (κ1) is 27.9. The molecular weight excluding hydrogens is 514 g/mol. The highest BCUT2D eigenvalue weighted by Crippen LogP contribution is 2.34. The van der Waals surface area contributed by atoms with Crippen LogP contribution in [0.15, 0.2) is 76.6 Å². The topological polar surface area (TPSA) is 89.5 Å². The Morgan fingerprint density at radius 3 is 2.51 bits per heavy atom. The third-order valence-electron chi connectivity index (χ3n) is 6.02. The van der Waals surface area contributed by atoms with Gasteiger partial charge in [-0.3, -0.25) is 14.5 Å². The number of anilines is 1. The normalized spacial score (nSPS) is 15.2. The standard InChI is InChI=1S/C30H31N3O5S/c1-20-8-9-24(16-21(20)2)31-28(34)19-38-26-7-5-6-22(17-26)18-27-29(35)33(14-15-36-3)30(39-27)32-23-10-12-25(37-4)13-11-23/h5-13,16-18H,14-15,19H2,1-4H3,(H,31,34)/b27-18-,32-30?. The first-order valence-electron chi connectivity index (χ1n) is 12.4. The number of nitrogens with zero attached hydrogens (tertiary/aromatic N) is 2. The number of ether oxygens (including phenoxy) is 3. The minimum atomic E-state index is -0.253. The van der Waals surface area contributed by atoms with Crippen molar-refractivity contribution in [3.63, 3.8) is 0 Å². The van der Waals surface area contributed by atoms with Crippen LogP contribution in [0.3, 0.4) is 0 Å². The van der Waals surface area contributed by atoms with Gasteiger partial charge in [-0.1, -0.05) is 18.2 Å². The predicted molar refractivity (Wildman–Crippen MR) is 156 cm³/mol. The summed E-state index contributed by atoms with van der Waals surface area (Å²) < 4.78 is 16.1. The molecule has 3 aromatic carbocycles. The lowest BCUT2D eigenvalue weighted by molar-refractivity contribution is -0.122. The molecule has 9 heteroatoms. The summed E-state index contributed by atoms with van der Waals surface area (Å²) in [5, 5.41) is 3.43. The number of nitrogens with one attached hydrogen (secondary N) is 1. The van der Waals surface area contributed by atoms with Crippen molar-refractivity contribution in [2.24, 2.45) is 4.99 Å². The molecule has 202 valence electrons. The molecule has 1 aliphatic heterocycles. The first-order chi connectivity index (χ1) is 18.9. The number of hydrogen-bond donors (Lipinski definition) is 1. The summed E-state index contributed by atoms with van der Waals surface area (Å²) in [5.74, 6) is 0.856. The minimum Gasteiger partial charge on any atom is -0.497 e. The highest BCUT2D eigenvalue weighted by Gasteiger charge is 2.33. The van der Waals surface area contributed by atoms with E-state index in [4.69, 9.17) is 14.2 Å². The molecular formula is C30H31N3O5S. The van der Waals surface area contributed by atoms with E-state index < -0.39 is 0 Å². The van der Waals surface area contributed by atoms with Gasteiger partial charge in [0.1, 0.15) is 11.5 Å². The number of thioether (sulfide) groups is 1. The molecule has 1 saturated heterocycles. The number of amidine groups is 1. The highest BCUT2D eigenvalue weighted by atomic mass is 32.2. The summed E-state index contributed by atoms with van der Waals surface area (Å²) >= 11 is 1.30. The minimum absolute atomic E-state index is 0.135. The van der Waals surface area contributed by atoms with Crippen molar-refractivity contribution in [1.82, 2.24) is 4.90 Å². The van der Waals surface area contributed by atoms with Gasteiger partial charge in [-0.05, 0) is 96.9 Å². The lowest BCUT2D eigenvalue weighted by Gasteiger charge is -2.14. The fourth-order valence-corrected chi connectivity index (χ4v) is 4.77. The van der Waals surface area contributed by atoms with Crippen LogP contribution in [0.2, 0.25) is 0 Å². The van der Waals surface area contributed by atoms with Crippen LogP contribution < -0.4 is 14.8 Å². The number of hydrogen-bond acceptors (Lipinski definition) is 7. The van der Waals surface area contributed by atoms with Gasteiger partial charge in [0, 0.05) is 12.8 Å². The number of rotatable bonds is 10. The van der Waals surface area contributed by atoms with Gasteiger partial charge in [-0.2, -0.15) is 0 Å². The van der Waals surface area contributed by atoms with Gasteiger partial charge in [0.15, 0.2) is 11.8 Å². The van der Waals surface area contributed by atoms with Crippen LogP contribution in [0.4, 0.5) is 11.4 Å². The number of carbonyl (C=O) groups is 2. The number of carbonyl (C=O) groups excluding carboxylic acids is 2. The van der Waals surface area contributed by atoms with Crippen molar-refractivity contribution in [2.45, 2.75) is 13.8 Å². The summed E-state index contributed by atoms with van der Waals surface area (Å²) in [5.41, 5.74) is 4.48. The molecule has 0 bridgehead atoms. The monoisotopic (exact) mass is 545 g/mol. The number of benzene rings is 3. The smallest absolute Gasteiger partial charge is 0.266 e. The van der Waals surface area contributed by atoms with Crippen LogP contribution in [-0.4, -0.2) is 55.9 Å². The second-order valence-corrected chi connectivity index (χ2v) is 9.87. The van der Waals surface area contributed by atoms with E-state index >= 15 is 0 Å². The zero-order valence-electron chi connectivity index (χ0n) is 22.4. The molecule has 1 aliphatic rings. The molecule has 0 saturated carbocycles. The Kier molecular flexibility index (Phi) is 9.40. The van der Waals surface area contributed by atoms with Gasteiger partial charge < -0.3 is 19.5 Å². The van der Waals surface area contributed by atoms with E-state index in [1.807, 2.05) is 68.4 Å². The molecule has 0 spiro atoms. The van der Waals surface area contributed by atoms with E-state index in [2.05, 4.69) is 10.3 Å². The van der Waals surface area contributed by atoms with Gasteiger partial charge in [0.2, 0.25) is 0 Å². The van der Waals surface area contributed by atoms with Crippen molar-refractivity contribution in [2.75, 3.05) is 39.3 Å². The Labute approximate surface area is 232 Å². The molecule has 3 aromatic rings. The summed E-state index contributed by atoms with van der Waals surface area (Å²) in [4.78, 5) is 32.5. The van der Waals surface area contributed by atoms with Crippen molar-refractivity contribution in [1.29, 1.82) is 0 Å². The maximum atomic E-state index is 13.2. The Morgan fingerprint density at radius 2 is 1.79 bits per heavy atom. The Bertz CT molecular complexity index is 1400. The van der Waals surface area contributed by atoms with Gasteiger partial charge in [0.05, 0.1) is 30.9 Å². The molecule has 0 radical (unpaired) electrons. The molecule has 1 fully saturated rings. The first-order valence-corrected chi connectivity index (χ1v) is 13.2. The molecule has 2 amide bonds. The second-order valence-electron chi connectivity index (χ2n) is 8.86. The quantitative estimate of drug-likeness (QED) is 0.335. The fraction of sp³-hybridized carbons (Fsp3) is 0.233. The zero-order valence-corrected chi connectivity index (χ0v) is 23.2. The molecule has 1 N–H and O–H groups in total. The van der Waals surface area contributed by atoms with Crippen molar-refractivity contribution in [3.05, 3.63) is 88.3 Å². The molecule has 39 heavy (non-hydrogen) atoms. The maximum Gasteiger partial charge on any atom is 0.266 e. The third-order valence-corrected chi connectivity index (χ3v) is 7.03. The van der Waals surface area contributed by atoms with Crippen LogP contribution >= 0.6 is 11.8 Å². The van der Waals surface area contributed by atoms with Gasteiger partial charge in [-0.15, -0.1) is 0 Å². The average molecular weight is 546 g/mol. The van der Waals surface area contributed by atoms with E-state index in [-0.39, 0.29) is 18.4 Å². The zero-order chi connectivity index (χ0) is 27.8. The summed E-state index contributed by atoms with van der Waals surface area (Å²) in [6.45, 7) is 4.65. The fourth-order valence-electron chi connectivity index (χ4n) is 3.75. The molecule has 8 nitrogen and oxygen atoms in total. The maximum absolute atomic E-state index is 13.2. The van der Waals surface area contributed by atoms with Crippen LogP contribution in [0.1, 0.15) is 16.7 Å². The van der Waals surface area contributed by atoms with E-state index in [9.17, 15) is 9.59 Å². The van der Waals surface area contributed by atoms with Crippen molar-refractivity contribution in [3.8, 4) is 11.5 Å². The van der Waals surface area contributed by atoms with E-state index in [0.717, 1.165) is 28.1 Å². The van der Waals surface area contributed by atoms with Gasteiger partial charge >= 0.3 is 0 Å². The Morgan fingerprint density at radius 1 is 1.00 bits per heavy atom. The van der Waals surface area contributed by atoms with Gasteiger partial charge in [0.25, 0.3) is 11.8 Å². The molecule has 0 atom stereocenters. The number of aliphatic imine (C=N–C) groups is 1. The lowest BCUT2D eigenvalue weighted by Crippen LogP contribution is -2.32. The average Bonchev–Trinajstić information content (AvgIpc) is 3.22. The Balaban J connectivity index is 1.45. The summed E-state index contributed by atoms with van der Waals surface area (Å²) in [6.07, 6.45) is 1.80. The predicted octanol–water partition coefficient (Wildman–Crippen LogP) is 5.58. The summed E-state index contributed by atoms with van der Waals surface area (Å²) in [7, 11) is 3.20. The summed E-state index contributed by atoms with van der Waals surface area (Å²) in [6, 6.07) is 20.4. The van der Waals surface area contributed by atoms with E-state index in [1.165, 1.54) is 11.8 Å². The number of amides is 2. The molecule has 0 aliphatic carbocycles. The van der Waals surface area contributed by atoms with Crippen molar-refractivity contribution < 1.29 is 23.8 Å². The van der Waals surface area contributed by atoms with Crippen LogP contribution in [0, 0.1) is 13.8 Å². The van der Waals surface area contributed by atoms with Crippen molar-refractivity contribution >= 4 is 46.2 Å². The largest absolute Gasteiger partial charge is 0.497 e. The molecule has 0 unspecified atom stereocenters. The van der Waals surface area contributed by atoms with E-state index in [0.29, 0.717) is 34.7 Å². The molecule has 4 rings (SSSR count). The highest BCUT2D eigenvalue weighted by molar-refractivity contribution is 8.18. The van der Waals surface area contributed by atoms with E-state index in [1.54, 1.807) is 37.3 Å². The lowest BCUT2D eigenvalue weighted by atomic mass is 10.1. The number of aryl methyl sites for hydroxylation is 2. The van der Waals surface area contributed by atoms with Crippen LogP contribution in [-0.2, 0) is 14.3 Å². The Hall–Kier alpha value is -4.08. The molecule has 1 heterocycles. The second kappa shape index (κ2) is 13.1.